The van der Waals surface area contributed by atoms with Crippen LogP contribution in [0.5, 0.6) is 0 Å². The van der Waals surface area contributed by atoms with E-state index < -0.39 is 0 Å². The fourth-order valence-corrected chi connectivity index (χ4v) is 7.07. The molecule has 2 saturated heterocycles. The summed E-state index contributed by atoms with van der Waals surface area (Å²) >= 11 is 0. The van der Waals surface area contributed by atoms with Crippen LogP contribution in [0.15, 0.2) is 53.3 Å². The second-order valence-corrected chi connectivity index (χ2v) is 11.1. The molecular formula is C30H37N3O3. The number of aliphatic hydroxyl groups is 1. The zero-order chi connectivity index (χ0) is 24.6. The van der Waals surface area contributed by atoms with Crippen molar-refractivity contribution in [1.29, 1.82) is 0 Å². The fraction of sp³-hybridized carbons (Fsp3) is 0.533. The number of amides is 1. The predicted octanol–water partition coefficient (Wildman–Crippen LogP) is 3.54. The summed E-state index contributed by atoms with van der Waals surface area (Å²) in [7, 11) is 0. The lowest BCUT2D eigenvalue weighted by Gasteiger charge is -2.36. The van der Waals surface area contributed by atoms with Crippen LogP contribution in [0.2, 0.25) is 0 Å². The molecule has 4 atom stereocenters. The van der Waals surface area contributed by atoms with E-state index in [1.165, 1.54) is 12.0 Å². The summed E-state index contributed by atoms with van der Waals surface area (Å²) in [5, 5.41) is 13.9. The average Bonchev–Trinajstić information content (AvgIpc) is 3.22. The molecule has 4 heterocycles. The van der Waals surface area contributed by atoms with Gasteiger partial charge in [0.25, 0.3) is 5.56 Å². The molecule has 0 spiro atoms. The van der Waals surface area contributed by atoms with E-state index in [2.05, 4.69) is 41.7 Å². The van der Waals surface area contributed by atoms with Gasteiger partial charge in [-0.25, -0.2) is 0 Å². The number of carbonyl (C=O) groups excluding carboxylic acids is 1. The number of nitrogens with one attached hydrogen (secondary N) is 1. The Morgan fingerprint density at radius 1 is 1.06 bits per heavy atom. The number of aromatic nitrogens is 1. The van der Waals surface area contributed by atoms with E-state index in [1.54, 1.807) is 0 Å². The molecule has 6 rings (SSSR count). The quantitative estimate of drug-likeness (QED) is 0.677. The van der Waals surface area contributed by atoms with Crippen molar-refractivity contribution in [3.05, 3.63) is 75.7 Å². The van der Waals surface area contributed by atoms with E-state index in [-0.39, 0.29) is 42.0 Å². The van der Waals surface area contributed by atoms with E-state index in [1.807, 2.05) is 21.6 Å². The van der Waals surface area contributed by atoms with Gasteiger partial charge in [0.1, 0.15) is 0 Å². The highest BCUT2D eigenvalue weighted by Gasteiger charge is 2.52. The van der Waals surface area contributed by atoms with Gasteiger partial charge in [0, 0.05) is 49.5 Å². The van der Waals surface area contributed by atoms with Gasteiger partial charge in [-0.05, 0) is 74.1 Å². The Labute approximate surface area is 213 Å². The molecule has 2 bridgehead atoms. The summed E-state index contributed by atoms with van der Waals surface area (Å²) < 4.78 is 1.89. The predicted molar refractivity (Wildman–Crippen MR) is 140 cm³/mol. The molecule has 36 heavy (non-hydrogen) atoms. The Balaban J connectivity index is 1.21. The fourth-order valence-electron chi connectivity index (χ4n) is 7.07. The van der Waals surface area contributed by atoms with Gasteiger partial charge < -0.3 is 19.9 Å². The van der Waals surface area contributed by atoms with Crippen LogP contribution in [0, 0.1) is 17.8 Å². The molecule has 6 nitrogen and oxygen atoms in total. The summed E-state index contributed by atoms with van der Waals surface area (Å²) in [5.74, 6) is 0.213. The molecule has 0 saturated carbocycles. The van der Waals surface area contributed by atoms with Crippen LogP contribution in [0.25, 0.3) is 5.57 Å². The Kier molecular flexibility index (Phi) is 6.57. The summed E-state index contributed by atoms with van der Waals surface area (Å²) in [5.41, 5.74) is 4.29. The average molecular weight is 488 g/mol. The first-order valence-corrected chi connectivity index (χ1v) is 13.8. The molecule has 2 N–H and O–H groups in total. The van der Waals surface area contributed by atoms with E-state index >= 15 is 0 Å². The topological polar surface area (TPSA) is 74.6 Å². The molecule has 1 aliphatic carbocycles. The van der Waals surface area contributed by atoms with E-state index in [4.69, 9.17) is 0 Å². The smallest absolute Gasteiger partial charge is 0.258 e. The van der Waals surface area contributed by atoms with Gasteiger partial charge in [0.2, 0.25) is 5.91 Å². The molecule has 6 heteroatoms. The van der Waals surface area contributed by atoms with Gasteiger partial charge in [0.15, 0.2) is 0 Å². The monoisotopic (exact) mass is 487 g/mol. The number of allylic oxidation sites excluding steroid dienone is 2. The molecule has 190 valence electrons. The maximum atomic E-state index is 13.9. The number of hydrogen-bond acceptors (Lipinski definition) is 4. The van der Waals surface area contributed by atoms with Gasteiger partial charge >= 0.3 is 0 Å². The van der Waals surface area contributed by atoms with Crippen molar-refractivity contribution in [3.8, 4) is 0 Å². The number of rotatable bonds is 5. The summed E-state index contributed by atoms with van der Waals surface area (Å²) in [6, 6.07) is 14.3. The first kappa shape index (κ1) is 23.7. The third-order valence-corrected chi connectivity index (χ3v) is 9.06. The summed E-state index contributed by atoms with van der Waals surface area (Å²) in [6.07, 6.45) is 9.61. The number of piperidine rings is 1. The minimum Gasteiger partial charge on any atom is -0.396 e. The number of carbonyl (C=O) groups is 1. The largest absolute Gasteiger partial charge is 0.396 e. The van der Waals surface area contributed by atoms with E-state index in [9.17, 15) is 14.7 Å². The van der Waals surface area contributed by atoms with Crippen molar-refractivity contribution >= 4 is 11.5 Å². The molecule has 3 aliphatic heterocycles. The van der Waals surface area contributed by atoms with Crippen LogP contribution in [-0.4, -0.2) is 46.2 Å². The number of pyridine rings is 1. The highest BCUT2D eigenvalue weighted by atomic mass is 16.3. The van der Waals surface area contributed by atoms with Crippen molar-refractivity contribution < 1.29 is 9.90 Å². The van der Waals surface area contributed by atoms with Crippen LogP contribution in [0.4, 0.5) is 0 Å². The molecule has 2 fully saturated rings. The highest BCUT2D eigenvalue weighted by molar-refractivity contribution is 5.81. The maximum absolute atomic E-state index is 13.9. The van der Waals surface area contributed by atoms with Crippen molar-refractivity contribution in [2.24, 2.45) is 17.8 Å². The lowest BCUT2D eigenvalue weighted by molar-refractivity contribution is -0.139. The van der Waals surface area contributed by atoms with Crippen molar-refractivity contribution in [1.82, 2.24) is 14.8 Å². The van der Waals surface area contributed by atoms with Gasteiger partial charge in [-0.3, -0.25) is 9.59 Å². The summed E-state index contributed by atoms with van der Waals surface area (Å²) in [6.45, 7) is 2.00. The SMILES string of the molecule is O=C([C@@H]1[C@@H](CO)[C@@H]2Cn3c(ccc(C4=CCCCC4)c3=O)[C@H]1N2)N1CCC(Cc2ccccc2)CC1. The van der Waals surface area contributed by atoms with Gasteiger partial charge in [0.05, 0.1) is 12.0 Å². The molecule has 0 unspecified atom stereocenters. The summed E-state index contributed by atoms with van der Waals surface area (Å²) in [4.78, 5) is 29.4. The number of nitrogens with zero attached hydrogens (tertiary/aromatic N) is 2. The zero-order valence-corrected chi connectivity index (χ0v) is 20.9. The third-order valence-electron chi connectivity index (χ3n) is 9.06. The second-order valence-electron chi connectivity index (χ2n) is 11.1. The van der Waals surface area contributed by atoms with Crippen molar-refractivity contribution in [2.45, 2.75) is 63.6 Å². The molecule has 1 aromatic heterocycles. The van der Waals surface area contributed by atoms with Crippen LogP contribution in [0.1, 0.15) is 61.4 Å². The van der Waals surface area contributed by atoms with Crippen LogP contribution < -0.4 is 10.9 Å². The standard InChI is InChI=1S/C30H37N3O3/c34-19-24-25-18-33-26(12-11-23(29(33)35)22-9-5-2-6-10-22)28(31-25)27(24)30(36)32-15-13-21(14-16-32)17-20-7-3-1-4-8-20/h1,3-4,7-9,11-12,21,24-25,27-28,31,34H,2,5-6,10,13-19H2/t24-,25-,27+,28+/m0/s1. The van der Waals surface area contributed by atoms with Gasteiger partial charge in [-0.1, -0.05) is 36.4 Å². The minimum absolute atomic E-state index is 0.0458. The lowest BCUT2D eigenvalue weighted by atomic mass is 9.84. The van der Waals surface area contributed by atoms with Gasteiger partial charge in [-0.15, -0.1) is 0 Å². The molecule has 1 amide bonds. The number of likely N-dealkylation sites (tertiary alicyclic amines) is 1. The normalized spacial score (nSPS) is 28.0. The third kappa shape index (κ3) is 4.24. The number of benzene rings is 1. The van der Waals surface area contributed by atoms with Crippen LogP contribution in [0.3, 0.4) is 0 Å². The Bertz CT molecular complexity index is 1200. The number of fused-ring (bicyclic) bond motifs is 4. The van der Waals surface area contributed by atoms with E-state index in [0.717, 1.165) is 68.4 Å². The number of aliphatic hydroxyl groups excluding tert-OH is 1. The molecule has 2 aromatic rings. The van der Waals surface area contributed by atoms with Crippen molar-refractivity contribution in [3.63, 3.8) is 0 Å². The Morgan fingerprint density at radius 3 is 2.58 bits per heavy atom. The molecule has 1 aromatic carbocycles. The van der Waals surface area contributed by atoms with Crippen LogP contribution >= 0.6 is 0 Å². The maximum Gasteiger partial charge on any atom is 0.258 e. The first-order chi connectivity index (χ1) is 17.6. The van der Waals surface area contributed by atoms with Crippen molar-refractivity contribution in [2.75, 3.05) is 19.7 Å². The zero-order valence-electron chi connectivity index (χ0n) is 20.9. The highest BCUT2D eigenvalue weighted by Crippen LogP contribution is 2.42. The molecular weight excluding hydrogens is 450 g/mol. The first-order valence-electron chi connectivity index (χ1n) is 13.8. The minimum atomic E-state index is -0.335. The Morgan fingerprint density at radius 2 is 1.86 bits per heavy atom. The second kappa shape index (κ2) is 9.98. The number of hydrogen-bond donors (Lipinski definition) is 2. The lowest BCUT2D eigenvalue weighted by Crippen LogP contribution is -2.45. The Hall–Kier alpha value is -2.70. The molecule has 4 aliphatic rings. The molecule has 0 radical (unpaired) electrons. The van der Waals surface area contributed by atoms with Crippen LogP contribution in [-0.2, 0) is 17.8 Å². The van der Waals surface area contributed by atoms with Gasteiger partial charge in [-0.2, -0.15) is 0 Å². The van der Waals surface area contributed by atoms with E-state index in [0.29, 0.717) is 12.5 Å².